The lowest BCUT2D eigenvalue weighted by atomic mass is 9.97. The Hall–Kier alpha value is -2.86. The first-order valence-corrected chi connectivity index (χ1v) is 11.5. The van der Waals surface area contributed by atoms with Crippen molar-refractivity contribution in [1.29, 1.82) is 0 Å². The van der Waals surface area contributed by atoms with Crippen LogP contribution in [-0.4, -0.2) is 67.6 Å². The van der Waals surface area contributed by atoms with E-state index in [2.05, 4.69) is 6.07 Å². The molecule has 0 N–H and O–H groups in total. The second-order valence-electron chi connectivity index (χ2n) is 8.82. The van der Waals surface area contributed by atoms with Gasteiger partial charge < -0.3 is 19.3 Å². The third kappa shape index (κ3) is 5.30. The van der Waals surface area contributed by atoms with Crippen molar-refractivity contribution in [3.05, 3.63) is 64.7 Å². The van der Waals surface area contributed by atoms with E-state index in [0.29, 0.717) is 50.9 Å². The third-order valence-corrected chi connectivity index (χ3v) is 6.30. The Morgan fingerprint density at radius 1 is 0.969 bits per heavy atom. The highest BCUT2D eigenvalue weighted by atomic mass is 16.5. The molecule has 0 unspecified atom stereocenters. The minimum Gasteiger partial charge on any atom is -0.493 e. The molecule has 4 rings (SSSR count). The van der Waals surface area contributed by atoms with Crippen molar-refractivity contribution in [1.82, 2.24) is 9.80 Å². The van der Waals surface area contributed by atoms with Gasteiger partial charge in [-0.1, -0.05) is 17.7 Å². The molecule has 2 amide bonds. The van der Waals surface area contributed by atoms with Gasteiger partial charge in [0.1, 0.15) is 5.75 Å². The first kappa shape index (κ1) is 22.3. The number of carbonyl (C=O) groups is 2. The molecule has 2 aliphatic rings. The summed E-state index contributed by atoms with van der Waals surface area (Å²) in [6.45, 7) is 8.56. The largest absolute Gasteiger partial charge is 0.493 e. The van der Waals surface area contributed by atoms with Gasteiger partial charge in [-0.3, -0.25) is 9.59 Å². The summed E-state index contributed by atoms with van der Waals surface area (Å²) >= 11 is 0. The monoisotopic (exact) mass is 436 g/mol. The SMILES string of the molecule is Cc1ccc(C(=O)N2CCC[C@H](COc3ccc(C(=O)N4CCOCC4)cc3)C2)c(C)c1. The zero-order valence-electron chi connectivity index (χ0n) is 19.0. The zero-order valence-corrected chi connectivity index (χ0v) is 19.0. The molecule has 0 bridgehead atoms. The van der Waals surface area contributed by atoms with Gasteiger partial charge in [0.15, 0.2) is 0 Å². The summed E-state index contributed by atoms with van der Waals surface area (Å²) in [5.74, 6) is 1.19. The number of aryl methyl sites for hydroxylation is 2. The first-order valence-electron chi connectivity index (χ1n) is 11.5. The molecule has 2 aromatic carbocycles. The van der Waals surface area contributed by atoms with Crippen molar-refractivity contribution >= 4 is 11.8 Å². The van der Waals surface area contributed by atoms with Crippen molar-refractivity contribution in [3.63, 3.8) is 0 Å². The van der Waals surface area contributed by atoms with Gasteiger partial charge in [0.05, 0.1) is 19.8 Å². The quantitative estimate of drug-likeness (QED) is 0.717. The van der Waals surface area contributed by atoms with Crippen molar-refractivity contribution in [2.75, 3.05) is 46.0 Å². The van der Waals surface area contributed by atoms with Crippen LogP contribution < -0.4 is 4.74 Å². The lowest BCUT2D eigenvalue weighted by Crippen LogP contribution is -2.41. The summed E-state index contributed by atoms with van der Waals surface area (Å²) in [5.41, 5.74) is 3.65. The predicted octanol–water partition coefficient (Wildman–Crippen LogP) is 3.71. The highest BCUT2D eigenvalue weighted by Crippen LogP contribution is 2.22. The summed E-state index contributed by atoms with van der Waals surface area (Å²) in [5, 5.41) is 0. The lowest BCUT2D eigenvalue weighted by molar-refractivity contribution is 0.0303. The van der Waals surface area contributed by atoms with Crippen molar-refractivity contribution in [2.24, 2.45) is 5.92 Å². The number of carbonyl (C=O) groups excluding carboxylic acids is 2. The Balaban J connectivity index is 1.30. The molecule has 0 radical (unpaired) electrons. The third-order valence-electron chi connectivity index (χ3n) is 6.30. The molecule has 2 saturated heterocycles. The number of hydrogen-bond donors (Lipinski definition) is 0. The maximum atomic E-state index is 13.0. The average Bonchev–Trinajstić information content (AvgIpc) is 2.83. The number of hydrogen-bond acceptors (Lipinski definition) is 4. The summed E-state index contributed by atoms with van der Waals surface area (Å²) in [6, 6.07) is 13.4. The molecule has 0 saturated carbocycles. The van der Waals surface area contributed by atoms with Crippen LogP contribution in [0.5, 0.6) is 5.75 Å². The topological polar surface area (TPSA) is 59.1 Å². The standard InChI is InChI=1S/C26H32N2O4/c1-19-5-10-24(20(2)16-19)26(30)28-11-3-4-21(17-28)18-32-23-8-6-22(7-9-23)25(29)27-12-14-31-15-13-27/h5-10,16,21H,3-4,11-15,17-18H2,1-2H3/t21-/m0/s1. The van der Waals surface area contributed by atoms with Crippen LogP contribution in [-0.2, 0) is 4.74 Å². The van der Waals surface area contributed by atoms with Gasteiger partial charge >= 0.3 is 0 Å². The van der Waals surface area contributed by atoms with Gasteiger partial charge in [-0.05, 0) is 62.6 Å². The van der Waals surface area contributed by atoms with E-state index >= 15 is 0 Å². The predicted molar refractivity (Wildman–Crippen MR) is 123 cm³/mol. The van der Waals surface area contributed by atoms with E-state index in [0.717, 1.165) is 36.3 Å². The molecule has 0 aromatic heterocycles. The zero-order chi connectivity index (χ0) is 22.5. The molecule has 6 nitrogen and oxygen atoms in total. The molecule has 2 heterocycles. The second kappa shape index (κ2) is 10.2. The Morgan fingerprint density at radius 3 is 2.44 bits per heavy atom. The second-order valence-corrected chi connectivity index (χ2v) is 8.82. The van der Waals surface area contributed by atoms with Gasteiger partial charge in [-0.15, -0.1) is 0 Å². The van der Waals surface area contributed by atoms with Crippen LogP contribution in [0.15, 0.2) is 42.5 Å². The van der Waals surface area contributed by atoms with E-state index < -0.39 is 0 Å². The van der Waals surface area contributed by atoms with Crippen LogP contribution in [0.2, 0.25) is 0 Å². The molecule has 2 aliphatic heterocycles. The molecule has 170 valence electrons. The minimum absolute atomic E-state index is 0.0349. The summed E-state index contributed by atoms with van der Waals surface area (Å²) in [7, 11) is 0. The van der Waals surface area contributed by atoms with Crippen LogP contribution in [0, 0.1) is 19.8 Å². The van der Waals surface area contributed by atoms with Crippen LogP contribution in [0.4, 0.5) is 0 Å². The fourth-order valence-corrected chi connectivity index (χ4v) is 4.47. The average molecular weight is 437 g/mol. The molecule has 2 aromatic rings. The van der Waals surface area contributed by atoms with Crippen molar-refractivity contribution in [3.8, 4) is 5.75 Å². The van der Waals surface area contributed by atoms with E-state index in [1.165, 1.54) is 5.56 Å². The summed E-state index contributed by atoms with van der Waals surface area (Å²) in [4.78, 5) is 29.4. The number of benzene rings is 2. The van der Waals surface area contributed by atoms with Crippen LogP contribution >= 0.6 is 0 Å². The van der Waals surface area contributed by atoms with Gasteiger partial charge in [0.25, 0.3) is 11.8 Å². The highest BCUT2D eigenvalue weighted by Gasteiger charge is 2.26. The van der Waals surface area contributed by atoms with E-state index in [1.807, 2.05) is 60.0 Å². The Bertz CT molecular complexity index is 951. The van der Waals surface area contributed by atoms with Crippen molar-refractivity contribution < 1.29 is 19.1 Å². The minimum atomic E-state index is 0.0349. The van der Waals surface area contributed by atoms with E-state index in [-0.39, 0.29) is 11.8 Å². The fourth-order valence-electron chi connectivity index (χ4n) is 4.47. The van der Waals surface area contributed by atoms with E-state index in [9.17, 15) is 9.59 Å². The number of ether oxygens (including phenoxy) is 2. The highest BCUT2D eigenvalue weighted by molar-refractivity contribution is 5.96. The molecule has 0 aliphatic carbocycles. The maximum absolute atomic E-state index is 13.0. The summed E-state index contributed by atoms with van der Waals surface area (Å²) < 4.78 is 11.3. The van der Waals surface area contributed by atoms with Gasteiger partial charge in [0.2, 0.25) is 0 Å². The van der Waals surface area contributed by atoms with Crippen molar-refractivity contribution in [2.45, 2.75) is 26.7 Å². The number of amides is 2. The fraction of sp³-hybridized carbons (Fsp3) is 0.462. The van der Waals surface area contributed by atoms with Crippen LogP contribution in [0.3, 0.4) is 0 Å². The Kier molecular flexibility index (Phi) is 7.10. The molecular formula is C26H32N2O4. The number of likely N-dealkylation sites (tertiary alicyclic amines) is 1. The molecule has 6 heteroatoms. The number of piperidine rings is 1. The first-order chi connectivity index (χ1) is 15.5. The van der Waals surface area contributed by atoms with E-state index in [1.54, 1.807) is 0 Å². The van der Waals surface area contributed by atoms with Gasteiger partial charge in [-0.25, -0.2) is 0 Å². The maximum Gasteiger partial charge on any atom is 0.254 e. The molecule has 32 heavy (non-hydrogen) atoms. The summed E-state index contributed by atoms with van der Waals surface area (Å²) in [6.07, 6.45) is 2.03. The van der Waals surface area contributed by atoms with Crippen LogP contribution in [0.25, 0.3) is 0 Å². The molecule has 1 atom stereocenters. The van der Waals surface area contributed by atoms with E-state index in [4.69, 9.17) is 9.47 Å². The number of nitrogens with zero attached hydrogens (tertiary/aromatic N) is 2. The Labute approximate surface area is 190 Å². The van der Waals surface area contributed by atoms with Gasteiger partial charge in [0, 0.05) is 43.2 Å². The lowest BCUT2D eigenvalue weighted by Gasteiger charge is -2.33. The smallest absolute Gasteiger partial charge is 0.254 e. The normalized spacial score (nSPS) is 19.0. The molecule has 0 spiro atoms. The van der Waals surface area contributed by atoms with Gasteiger partial charge in [-0.2, -0.15) is 0 Å². The number of morpholine rings is 1. The Morgan fingerprint density at radius 2 is 1.72 bits per heavy atom. The number of rotatable bonds is 5. The molecular weight excluding hydrogens is 404 g/mol. The molecule has 2 fully saturated rings. The van der Waals surface area contributed by atoms with Crippen LogP contribution in [0.1, 0.15) is 44.7 Å².